The number of amides is 1. The second kappa shape index (κ2) is 8.97. The Morgan fingerprint density at radius 3 is 3.00 bits per heavy atom. The minimum Gasteiger partial charge on any atom is -0.497 e. The molecule has 0 unspecified atom stereocenters. The van der Waals surface area contributed by atoms with Gasteiger partial charge in [0.15, 0.2) is 0 Å². The van der Waals surface area contributed by atoms with Crippen LogP contribution in [0.2, 0.25) is 0 Å². The minimum absolute atomic E-state index is 0.0286. The van der Waals surface area contributed by atoms with Gasteiger partial charge in [-0.25, -0.2) is 4.98 Å². The van der Waals surface area contributed by atoms with E-state index in [9.17, 15) is 4.79 Å². The van der Waals surface area contributed by atoms with E-state index < -0.39 is 0 Å². The largest absolute Gasteiger partial charge is 0.497 e. The van der Waals surface area contributed by atoms with Gasteiger partial charge in [-0.3, -0.25) is 9.69 Å². The number of hydrogen-bond donors (Lipinski definition) is 1. The zero-order valence-electron chi connectivity index (χ0n) is 14.7. The van der Waals surface area contributed by atoms with E-state index in [1.165, 1.54) is 25.9 Å². The van der Waals surface area contributed by atoms with Crippen LogP contribution in [0, 0.1) is 0 Å². The van der Waals surface area contributed by atoms with E-state index in [4.69, 9.17) is 4.74 Å². The number of hydrogen-bond acceptors (Lipinski definition) is 5. The van der Waals surface area contributed by atoms with Crippen LogP contribution >= 0.6 is 11.3 Å². The van der Waals surface area contributed by atoms with Crippen LogP contribution in [-0.2, 0) is 24.2 Å². The Kier molecular flexibility index (Phi) is 6.42. The van der Waals surface area contributed by atoms with Crippen molar-refractivity contribution in [1.29, 1.82) is 0 Å². The average Bonchev–Trinajstić information content (AvgIpc) is 3.28. The lowest BCUT2D eigenvalue weighted by atomic mass is 10.1. The van der Waals surface area contributed by atoms with Gasteiger partial charge in [0.25, 0.3) is 0 Å². The van der Waals surface area contributed by atoms with Gasteiger partial charge < -0.3 is 10.1 Å². The van der Waals surface area contributed by atoms with Crippen LogP contribution in [-0.4, -0.2) is 42.5 Å². The lowest BCUT2D eigenvalue weighted by Gasteiger charge is -2.11. The van der Waals surface area contributed by atoms with E-state index in [2.05, 4.69) is 15.2 Å². The molecule has 3 rings (SSSR count). The van der Waals surface area contributed by atoms with Crippen molar-refractivity contribution in [2.24, 2.45) is 0 Å². The van der Waals surface area contributed by atoms with Crippen molar-refractivity contribution in [3.05, 3.63) is 45.9 Å². The third-order valence-corrected chi connectivity index (χ3v) is 5.25. The quantitative estimate of drug-likeness (QED) is 0.787. The molecule has 25 heavy (non-hydrogen) atoms. The van der Waals surface area contributed by atoms with Crippen molar-refractivity contribution in [2.75, 3.05) is 26.7 Å². The SMILES string of the molecule is COc1cccc(CCNC(=O)Cc2csc(CN3CCCC3)n2)c1. The molecule has 0 atom stereocenters. The van der Waals surface area contributed by atoms with Crippen molar-refractivity contribution in [3.8, 4) is 5.75 Å². The first-order valence-corrected chi connectivity index (χ1v) is 9.66. The van der Waals surface area contributed by atoms with Crippen LogP contribution in [0.25, 0.3) is 0 Å². The Morgan fingerprint density at radius 1 is 1.36 bits per heavy atom. The van der Waals surface area contributed by atoms with E-state index in [-0.39, 0.29) is 5.91 Å². The number of rotatable bonds is 8. The summed E-state index contributed by atoms with van der Waals surface area (Å²) in [5.41, 5.74) is 2.03. The van der Waals surface area contributed by atoms with Gasteiger partial charge in [0.2, 0.25) is 5.91 Å². The Hall–Kier alpha value is -1.92. The molecule has 1 fully saturated rings. The molecule has 1 saturated heterocycles. The summed E-state index contributed by atoms with van der Waals surface area (Å²) in [6, 6.07) is 7.92. The molecule has 2 heterocycles. The van der Waals surface area contributed by atoms with Crippen LogP contribution in [0.3, 0.4) is 0 Å². The zero-order valence-corrected chi connectivity index (χ0v) is 15.5. The molecule has 1 aliphatic rings. The van der Waals surface area contributed by atoms with Crippen LogP contribution in [0.15, 0.2) is 29.6 Å². The molecule has 1 N–H and O–H groups in total. The number of ether oxygens (including phenoxy) is 1. The molecule has 1 aromatic carbocycles. The molecular formula is C19H25N3O2S. The van der Waals surface area contributed by atoms with Gasteiger partial charge in [0.1, 0.15) is 10.8 Å². The molecule has 0 bridgehead atoms. The summed E-state index contributed by atoms with van der Waals surface area (Å²) in [5, 5.41) is 6.09. The number of thiazole rings is 1. The highest BCUT2D eigenvalue weighted by Crippen LogP contribution is 2.16. The maximum absolute atomic E-state index is 12.1. The van der Waals surface area contributed by atoms with Crippen LogP contribution in [0.4, 0.5) is 0 Å². The predicted octanol–water partition coefficient (Wildman–Crippen LogP) is 2.65. The number of carbonyl (C=O) groups excluding carboxylic acids is 1. The number of nitrogens with zero attached hydrogens (tertiary/aromatic N) is 2. The van der Waals surface area contributed by atoms with Crippen LogP contribution < -0.4 is 10.1 Å². The molecule has 1 amide bonds. The van der Waals surface area contributed by atoms with Gasteiger partial charge in [-0.1, -0.05) is 12.1 Å². The lowest BCUT2D eigenvalue weighted by Crippen LogP contribution is -2.27. The van der Waals surface area contributed by atoms with Gasteiger partial charge in [0.05, 0.1) is 25.8 Å². The second-order valence-corrected chi connectivity index (χ2v) is 7.29. The average molecular weight is 359 g/mol. The van der Waals surface area contributed by atoms with E-state index >= 15 is 0 Å². The van der Waals surface area contributed by atoms with Crippen molar-refractivity contribution in [3.63, 3.8) is 0 Å². The molecule has 0 saturated carbocycles. The smallest absolute Gasteiger partial charge is 0.226 e. The third kappa shape index (κ3) is 5.54. The summed E-state index contributed by atoms with van der Waals surface area (Å²) in [5.74, 6) is 0.873. The van der Waals surface area contributed by atoms with Crippen LogP contribution in [0.5, 0.6) is 5.75 Å². The summed E-state index contributed by atoms with van der Waals surface area (Å²) < 4.78 is 5.21. The molecule has 0 aliphatic carbocycles. The molecule has 6 heteroatoms. The van der Waals surface area contributed by atoms with E-state index in [1.807, 2.05) is 29.6 Å². The van der Waals surface area contributed by atoms with Crippen molar-refractivity contribution in [1.82, 2.24) is 15.2 Å². The summed E-state index contributed by atoms with van der Waals surface area (Å²) in [4.78, 5) is 19.1. The number of methoxy groups -OCH3 is 1. The molecule has 1 aliphatic heterocycles. The molecule has 0 spiro atoms. The Morgan fingerprint density at radius 2 is 2.20 bits per heavy atom. The van der Waals surface area contributed by atoms with Crippen molar-refractivity contribution < 1.29 is 9.53 Å². The third-order valence-electron chi connectivity index (χ3n) is 4.37. The summed E-state index contributed by atoms with van der Waals surface area (Å²) in [7, 11) is 1.66. The van der Waals surface area contributed by atoms with Gasteiger partial charge >= 0.3 is 0 Å². The number of benzene rings is 1. The maximum Gasteiger partial charge on any atom is 0.226 e. The first kappa shape index (κ1) is 17.9. The first-order chi connectivity index (χ1) is 12.2. The van der Waals surface area contributed by atoms with Crippen LogP contribution in [0.1, 0.15) is 29.1 Å². The molecular weight excluding hydrogens is 334 g/mol. The summed E-state index contributed by atoms with van der Waals surface area (Å²) >= 11 is 1.66. The number of nitrogens with one attached hydrogen (secondary N) is 1. The summed E-state index contributed by atoms with van der Waals surface area (Å²) in [6.45, 7) is 3.87. The first-order valence-electron chi connectivity index (χ1n) is 8.78. The Bertz CT molecular complexity index is 695. The molecule has 134 valence electrons. The number of carbonyl (C=O) groups is 1. The normalized spacial score (nSPS) is 14.6. The van der Waals surface area contributed by atoms with Crippen molar-refractivity contribution >= 4 is 17.2 Å². The minimum atomic E-state index is 0.0286. The van der Waals surface area contributed by atoms with E-state index in [0.29, 0.717) is 13.0 Å². The molecule has 2 aromatic rings. The molecule has 1 aromatic heterocycles. The number of aromatic nitrogens is 1. The fourth-order valence-corrected chi connectivity index (χ4v) is 3.87. The van der Waals surface area contributed by atoms with Gasteiger partial charge in [-0.2, -0.15) is 0 Å². The predicted molar refractivity (Wildman–Crippen MR) is 100 cm³/mol. The molecule has 0 radical (unpaired) electrons. The second-order valence-electron chi connectivity index (χ2n) is 6.34. The molecule has 5 nitrogen and oxygen atoms in total. The van der Waals surface area contributed by atoms with Crippen molar-refractivity contribution in [2.45, 2.75) is 32.2 Å². The Balaban J connectivity index is 1.40. The number of likely N-dealkylation sites (tertiary alicyclic amines) is 1. The standard InChI is InChI=1S/C19H25N3O2S/c1-24-17-6-4-5-15(11-17)7-8-20-18(23)12-16-14-25-19(21-16)13-22-9-2-3-10-22/h4-6,11,14H,2-3,7-10,12-13H2,1H3,(H,20,23). The maximum atomic E-state index is 12.1. The highest BCUT2D eigenvalue weighted by Gasteiger charge is 2.14. The summed E-state index contributed by atoms with van der Waals surface area (Å²) in [6.07, 6.45) is 3.72. The fraction of sp³-hybridized carbons (Fsp3) is 0.474. The fourth-order valence-electron chi connectivity index (χ4n) is 3.04. The lowest BCUT2D eigenvalue weighted by molar-refractivity contribution is -0.120. The topological polar surface area (TPSA) is 54.5 Å². The van der Waals surface area contributed by atoms with Gasteiger partial charge in [0, 0.05) is 11.9 Å². The van der Waals surface area contributed by atoms with E-state index in [1.54, 1.807) is 18.4 Å². The monoisotopic (exact) mass is 359 g/mol. The van der Waals surface area contributed by atoms with Gasteiger partial charge in [-0.05, 0) is 50.0 Å². The highest BCUT2D eigenvalue weighted by molar-refractivity contribution is 7.09. The van der Waals surface area contributed by atoms with E-state index in [0.717, 1.165) is 35.0 Å². The van der Waals surface area contributed by atoms with Gasteiger partial charge in [-0.15, -0.1) is 11.3 Å². The Labute approximate surface area is 153 Å². The zero-order chi connectivity index (χ0) is 17.5. The highest BCUT2D eigenvalue weighted by atomic mass is 32.1.